The smallest absolute Gasteiger partial charge is 0.255 e. The van der Waals surface area contributed by atoms with Crippen LogP contribution in [0.4, 0.5) is 14.7 Å². The molecule has 0 atom stereocenters. The summed E-state index contributed by atoms with van der Waals surface area (Å²) in [5.41, 5.74) is 0.570. The molecule has 0 unspecified atom stereocenters. The zero-order chi connectivity index (χ0) is 20.4. The molecule has 10 heteroatoms. The Morgan fingerprint density at radius 3 is 2.72 bits per heavy atom. The SMILES string of the molecule is COc1nc(N2CCC(C(=O)N3CCOc4c(F)cncc4C3)CC2)ncc1F. The van der Waals surface area contributed by atoms with Crippen LogP contribution in [0.3, 0.4) is 0 Å². The van der Waals surface area contributed by atoms with Crippen molar-refractivity contribution in [3.63, 3.8) is 0 Å². The van der Waals surface area contributed by atoms with Gasteiger partial charge in [0.15, 0.2) is 11.6 Å². The first-order chi connectivity index (χ1) is 14.1. The lowest BCUT2D eigenvalue weighted by Crippen LogP contribution is -2.43. The van der Waals surface area contributed by atoms with E-state index in [4.69, 9.17) is 9.47 Å². The molecular weight excluding hydrogens is 384 g/mol. The Bertz CT molecular complexity index is 905. The summed E-state index contributed by atoms with van der Waals surface area (Å²) >= 11 is 0. The Balaban J connectivity index is 1.40. The number of rotatable bonds is 3. The Morgan fingerprint density at radius 1 is 1.17 bits per heavy atom. The molecule has 4 rings (SSSR count). The molecule has 0 N–H and O–H groups in total. The van der Waals surface area contributed by atoms with E-state index in [-0.39, 0.29) is 36.6 Å². The molecule has 1 amide bonds. The van der Waals surface area contributed by atoms with Crippen molar-refractivity contribution in [1.82, 2.24) is 19.9 Å². The molecule has 1 fully saturated rings. The number of carbonyl (C=O) groups is 1. The van der Waals surface area contributed by atoms with Crippen LogP contribution in [0, 0.1) is 17.6 Å². The first-order valence-electron chi connectivity index (χ1n) is 9.42. The summed E-state index contributed by atoms with van der Waals surface area (Å²) in [6.45, 7) is 2.05. The topological polar surface area (TPSA) is 80.7 Å². The van der Waals surface area contributed by atoms with Crippen LogP contribution < -0.4 is 14.4 Å². The third-order valence-electron chi connectivity index (χ3n) is 5.23. The molecular formula is C19H21F2N5O3. The van der Waals surface area contributed by atoms with Crippen LogP contribution in [0.15, 0.2) is 18.6 Å². The predicted molar refractivity (Wildman–Crippen MR) is 98.6 cm³/mol. The van der Waals surface area contributed by atoms with Gasteiger partial charge in [-0.25, -0.2) is 9.37 Å². The number of amides is 1. The highest BCUT2D eigenvalue weighted by Crippen LogP contribution is 2.28. The van der Waals surface area contributed by atoms with Gasteiger partial charge in [0.25, 0.3) is 5.88 Å². The van der Waals surface area contributed by atoms with Gasteiger partial charge in [0.1, 0.15) is 6.61 Å². The first kappa shape index (κ1) is 19.3. The number of carbonyl (C=O) groups excluding carboxylic acids is 1. The van der Waals surface area contributed by atoms with Crippen molar-refractivity contribution >= 4 is 11.9 Å². The van der Waals surface area contributed by atoms with E-state index < -0.39 is 11.6 Å². The zero-order valence-electron chi connectivity index (χ0n) is 16.0. The number of nitrogens with zero attached hydrogens (tertiary/aromatic N) is 5. The summed E-state index contributed by atoms with van der Waals surface area (Å²) in [6, 6.07) is 0. The highest BCUT2D eigenvalue weighted by atomic mass is 19.1. The summed E-state index contributed by atoms with van der Waals surface area (Å²) in [7, 11) is 1.35. The molecule has 2 aliphatic heterocycles. The monoisotopic (exact) mass is 405 g/mol. The molecule has 0 aromatic carbocycles. The van der Waals surface area contributed by atoms with E-state index in [0.29, 0.717) is 44.0 Å². The highest BCUT2D eigenvalue weighted by Gasteiger charge is 2.31. The number of ether oxygens (including phenoxy) is 2. The minimum absolute atomic E-state index is 0.0166. The molecule has 8 nitrogen and oxygen atoms in total. The molecule has 0 radical (unpaired) electrons. The Labute approximate surface area is 166 Å². The molecule has 4 heterocycles. The van der Waals surface area contributed by atoms with Crippen LogP contribution in [0.2, 0.25) is 0 Å². The van der Waals surface area contributed by atoms with Crippen molar-refractivity contribution in [1.29, 1.82) is 0 Å². The maximum atomic E-state index is 13.9. The van der Waals surface area contributed by atoms with Crippen molar-refractivity contribution in [2.45, 2.75) is 19.4 Å². The molecule has 29 heavy (non-hydrogen) atoms. The summed E-state index contributed by atoms with van der Waals surface area (Å²) < 4.78 is 37.8. The minimum Gasteiger partial charge on any atom is -0.488 e. The van der Waals surface area contributed by atoms with Gasteiger partial charge >= 0.3 is 0 Å². The number of fused-ring (bicyclic) bond motifs is 1. The number of aromatic nitrogens is 3. The third-order valence-corrected chi connectivity index (χ3v) is 5.23. The maximum absolute atomic E-state index is 13.9. The molecule has 0 saturated carbocycles. The van der Waals surface area contributed by atoms with Gasteiger partial charge in [-0.3, -0.25) is 9.78 Å². The lowest BCUT2D eigenvalue weighted by atomic mass is 9.95. The lowest BCUT2D eigenvalue weighted by Gasteiger charge is -2.33. The van der Waals surface area contributed by atoms with Gasteiger partial charge in [-0.15, -0.1) is 0 Å². The number of methoxy groups -OCH3 is 1. The largest absolute Gasteiger partial charge is 0.488 e. The average molecular weight is 405 g/mol. The second-order valence-corrected chi connectivity index (χ2v) is 7.01. The van der Waals surface area contributed by atoms with Crippen molar-refractivity contribution in [2.75, 3.05) is 38.3 Å². The van der Waals surface area contributed by atoms with Gasteiger partial charge < -0.3 is 19.3 Å². The van der Waals surface area contributed by atoms with E-state index in [2.05, 4.69) is 15.0 Å². The molecule has 1 saturated heterocycles. The van der Waals surface area contributed by atoms with Gasteiger partial charge in [-0.05, 0) is 12.8 Å². The fourth-order valence-corrected chi connectivity index (χ4v) is 3.69. The van der Waals surface area contributed by atoms with E-state index in [9.17, 15) is 13.6 Å². The molecule has 2 aromatic heterocycles. The summed E-state index contributed by atoms with van der Waals surface area (Å²) in [6.07, 6.45) is 4.96. The molecule has 0 spiro atoms. The number of halogens is 2. The Hall–Kier alpha value is -3.04. The number of piperidine rings is 1. The standard InChI is InChI=1S/C19H21F2N5O3/c1-28-17-15(21)10-23-19(24-17)25-4-2-12(3-5-25)18(27)26-6-7-29-16-13(11-26)8-22-9-14(16)20/h8-10,12H,2-7,11H2,1H3. The Kier molecular flexibility index (Phi) is 5.41. The molecule has 0 aliphatic carbocycles. The summed E-state index contributed by atoms with van der Waals surface area (Å²) in [5.74, 6) is -0.812. The van der Waals surface area contributed by atoms with Crippen LogP contribution in [0.1, 0.15) is 18.4 Å². The van der Waals surface area contributed by atoms with Gasteiger partial charge in [-0.2, -0.15) is 9.37 Å². The summed E-state index contributed by atoms with van der Waals surface area (Å²) in [4.78, 5) is 28.6. The van der Waals surface area contributed by atoms with E-state index in [1.807, 2.05) is 4.90 Å². The lowest BCUT2D eigenvalue weighted by molar-refractivity contribution is -0.137. The van der Waals surface area contributed by atoms with Gasteiger partial charge in [-0.1, -0.05) is 0 Å². The predicted octanol–water partition coefficient (Wildman–Crippen LogP) is 1.80. The van der Waals surface area contributed by atoms with E-state index >= 15 is 0 Å². The van der Waals surface area contributed by atoms with Crippen LogP contribution in [-0.2, 0) is 11.3 Å². The normalized spacial score (nSPS) is 17.3. The van der Waals surface area contributed by atoms with Crippen molar-refractivity contribution < 1.29 is 23.0 Å². The van der Waals surface area contributed by atoms with Gasteiger partial charge in [0.2, 0.25) is 17.7 Å². The van der Waals surface area contributed by atoms with Crippen molar-refractivity contribution in [2.24, 2.45) is 5.92 Å². The molecule has 154 valence electrons. The van der Waals surface area contributed by atoms with Crippen LogP contribution >= 0.6 is 0 Å². The number of anilines is 1. The maximum Gasteiger partial charge on any atom is 0.255 e. The van der Waals surface area contributed by atoms with Gasteiger partial charge in [0, 0.05) is 30.8 Å². The van der Waals surface area contributed by atoms with Gasteiger partial charge in [0.05, 0.1) is 32.6 Å². The first-order valence-corrected chi connectivity index (χ1v) is 9.42. The van der Waals surface area contributed by atoms with Crippen molar-refractivity contribution in [3.05, 3.63) is 35.8 Å². The second kappa shape index (κ2) is 8.14. The number of pyridine rings is 1. The van der Waals surface area contributed by atoms with Crippen molar-refractivity contribution in [3.8, 4) is 11.6 Å². The highest BCUT2D eigenvalue weighted by molar-refractivity contribution is 5.79. The Morgan fingerprint density at radius 2 is 1.97 bits per heavy atom. The minimum atomic E-state index is -0.615. The third kappa shape index (κ3) is 3.92. The van der Waals surface area contributed by atoms with E-state index in [1.165, 1.54) is 13.3 Å². The fourth-order valence-electron chi connectivity index (χ4n) is 3.69. The van der Waals surface area contributed by atoms with Crippen LogP contribution in [-0.4, -0.2) is 59.1 Å². The average Bonchev–Trinajstić information content (AvgIpc) is 2.97. The van der Waals surface area contributed by atoms with Crippen LogP contribution in [0.25, 0.3) is 0 Å². The fraction of sp³-hybridized carbons (Fsp3) is 0.474. The number of hydrogen-bond donors (Lipinski definition) is 0. The summed E-state index contributed by atoms with van der Waals surface area (Å²) in [5, 5.41) is 0. The van der Waals surface area contributed by atoms with Crippen LogP contribution in [0.5, 0.6) is 11.6 Å². The van der Waals surface area contributed by atoms with E-state index in [1.54, 1.807) is 4.90 Å². The second-order valence-electron chi connectivity index (χ2n) is 7.01. The molecule has 0 bridgehead atoms. The molecule has 2 aromatic rings. The quantitative estimate of drug-likeness (QED) is 0.770. The molecule has 2 aliphatic rings. The number of hydrogen-bond acceptors (Lipinski definition) is 7. The van der Waals surface area contributed by atoms with E-state index in [0.717, 1.165) is 12.4 Å². The zero-order valence-corrected chi connectivity index (χ0v) is 16.0.